The molecule has 4 heteroatoms. The molecule has 1 aliphatic heterocycles. The van der Waals surface area contributed by atoms with E-state index < -0.39 is 0 Å². The van der Waals surface area contributed by atoms with Gasteiger partial charge in [-0.1, -0.05) is 30.3 Å². The lowest BCUT2D eigenvalue weighted by atomic mass is 10.0. The molecule has 79 valence electrons. The van der Waals surface area contributed by atoms with Crippen molar-refractivity contribution in [2.24, 2.45) is 0 Å². The standard InChI is InChI=1S/C11H15BNO2/c1-15-12-13-8-10(14)7-11(13)9-5-3-2-4-6-9/h2-6,10-11,14H,7-8H2,1H3/t10-,11-/m0/s1. The zero-order valence-electron chi connectivity index (χ0n) is 8.84. The molecule has 0 aromatic heterocycles. The third-order valence-corrected chi connectivity index (χ3v) is 2.74. The van der Waals surface area contributed by atoms with Gasteiger partial charge in [0.15, 0.2) is 0 Å². The number of aliphatic hydroxyl groups excluding tert-OH is 1. The smallest absolute Gasteiger partial charge is 0.399 e. The van der Waals surface area contributed by atoms with Crippen LogP contribution in [0.15, 0.2) is 30.3 Å². The Morgan fingerprint density at radius 1 is 1.40 bits per heavy atom. The van der Waals surface area contributed by atoms with Crippen LogP contribution in [0.1, 0.15) is 18.0 Å². The molecule has 1 fully saturated rings. The van der Waals surface area contributed by atoms with E-state index in [2.05, 4.69) is 12.1 Å². The molecule has 1 aromatic carbocycles. The van der Waals surface area contributed by atoms with Gasteiger partial charge in [0, 0.05) is 19.7 Å². The number of β-amino-alcohol motifs (C(OH)–C–C–N with tert-alkyl or cyclic N) is 1. The Morgan fingerprint density at radius 2 is 2.13 bits per heavy atom. The molecular formula is C11H15BNO2. The minimum absolute atomic E-state index is 0.237. The first-order valence-electron chi connectivity index (χ1n) is 5.16. The maximum absolute atomic E-state index is 9.64. The van der Waals surface area contributed by atoms with Gasteiger partial charge in [-0.05, 0) is 12.0 Å². The first-order chi connectivity index (χ1) is 7.31. The van der Waals surface area contributed by atoms with E-state index in [0.717, 1.165) is 6.42 Å². The summed E-state index contributed by atoms with van der Waals surface area (Å²) in [6.45, 7) is 0.646. The fourth-order valence-corrected chi connectivity index (χ4v) is 2.09. The molecule has 15 heavy (non-hydrogen) atoms. The van der Waals surface area contributed by atoms with Crippen molar-refractivity contribution < 1.29 is 9.76 Å². The van der Waals surface area contributed by atoms with Crippen molar-refractivity contribution in [2.45, 2.75) is 18.6 Å². The molecule has 0 spiro atoms. The van der Waals surface area contributed by atoms with Crippen LogP contribution in [0.3, 0.4) is 0 Å². The van der Waals surface area contributed by atoms with Crippen LogP contribution in [0.25, 0.3) is 0 Å². The van der Waals surface area contributed by atoms with Crippen molar-refractivity contribution in [3.63, 3.8) is 0 Å². The van der Waals surface area contributed by atoms with Crippen molar-refractivity contribution in [1.82, 2.24) is 4.81 Å². The van der Waals surface area contributed by atoms with E-state index in [9.17, 15) is 5.11 Å². The minimum atomic E-state index is -0.262. The second kappa shape index (κ2) is 4.79. The van der Waals surface area contributed by atoms with Gasteiger partial charge in [-0.2, -0.15) is 0 Å². The molecule has 0 saturated carbocycles. The molecule has 1 saturated heterocycles. The summed E-state index contributed by atoms with van der Waals surface area (Å²) in [6.07, 6.45) is 0.505. The molecular weight excluding hydrogens is 189 g/mol. The van der Waals surface area contributed by atoms with E-state index in [-0.39, 0.29) is 12.1 Å². The van der Waals surface area contributed by atoms with Gasteiger partial charge in [-0.15, -0.1) is 0 Å². The summed E-state index contributed by atoms with van der Waals surface area (Å²) >= 11 is 0. The lowest BCUT2D eigenvalue weighted by molar-refractivity contribution is 0.187. The van der Waals surface area contributed by atoms with Crippen molar-refractivity contribution in [2.75, 3.05) is 13.7 Å². The van der Waals surface area contributed by atoms with Crippen molar-refractivity contribution >= 4 is 7.62 Å². The van der Waals surface area contributed by atoms with Gasteiger partial charge >= 0.3 is 7.62 Å². The van der Waals surface area contributed by atoms with Crippen molar-refractivity contribution in [1.29, 1.82) is 0 Å². The first kappa shape index (κ1) is 10.7. The van der Waals surface area contributed by atoms with Gasteiger partial charge < -0.3 is 14.6 Å². The van der Waals surface area contributed by atoms with E-state index in [1.165, 1.54) is 5.56 Å². The highest BCUT2D eigenvalue weighted by Crippen LogP contribution is 2.30. The maximum Gasteiger partial charge on any atom is 0.399 e. The monoisotopic (exact) mass is 204 g/mol. The van der Waals surface area contributed by atoms with E-state index in [0.29, 0.717) is 6.54 Å². The van der Waals surface area contributed by atoms with E-state index in [4.69, 9.17) is 4.65 Å². The molecule has 1 N–H and O–H groups in total. The Morgan fingerprint density at radius 3 is 2.80 bits per heavy atom. The van der Waals surface area contributed by atoms with E-state index in [1.807, 2.05) is 23.0 Å². The van der Waals surface area contributed by atoms with Gasteiger partial charge in [0.1, 0.15) is 0 Å². The van der Waals surface area contributed by atoms with Crippen LogP contribution in [0.5, 0.6) is 0 Å². The average molecular weight is 204 g/mol. The lowest BCUT2D eigenvalue weighted by Gasteiger charge is -2.22. The second-order valence-electron chi connectivity index (χ2n) is 3.85. The SMILES string of the molecule is CO[B]N1C[C@@H](O)C[C@H]1c1ccccc1. The van der Waals surface area contributed by atoms with Gasteiger partial charge in [0.2, 0.25) is 0 Å². The fraction of sp³-hybridized carbons (Fsp3) is 0.455. The first-order valence-corrected chi connectivity index (χ1v) is 5.16. The lowest BCUT2D eigenvalue weighted by Crippen LogP contribution is -2.29. The van der Waals surface area contributed by atoms with Gasteiger partial charge in [-0.25, -0.2) is 0 Å². The molecule has 0 aliphatic carbocycles. The molecule has 1 heterocycles. The van der Waals surface area contributed by atoms with E-state index >= 15 is 0 Å². The molecule has 3 nitrogen and oxygen atoms in total. The molecule has 0 bridgehead atoms. The Hall–Kier alpha value is -0.835. The third kappa shape index (κ3) is 2.40. The molecule has 1 radical (unpaired) electrons. The van der Waals surface area contributed by atoms with Crippen molar-refractivity contribution in [3.05, 3.63) is 35.9 Å². The van der Waals surface area contributed by atoms with Crippen LogP contribution >= 0.6 is 0 Å². The predicted octanol–water partition coefficient (Wildman–Crippen LogP) is 0.975. The average Bonchev–Trinajstić information content (AvgIpc) is 2.62. The highest BCUT2D eigenvalue weighted by Gasteiger charge is 2.32. The highest BCUT2D eigenvalue weighted by atomic mass is 16.4. The third-order valence-electron chi connectivity index (χ3n) is 2.74. The summed E-state index contributed by atoms with van der Waals surface area (Å²) in [5.41, 5.74) is 1.22. The number of aliphatic hydroxyl groups is 1. The minimum Gasteiger partial charge on any atom is -0.427 e. The Balaban J connectivity index is 2.13. The highest BCUT2D eigenvalue weighted by molar-refractivity contribution is 6.23. The molecule has 0 amide bonds. The molecule has 2 atom stereocenters. The van der Waals surface area contributed by atoms with Crippen LogP contribution in [0.2, 0.25) is 0 Å². The predicted molar refractivity (Wildman–Crippen MR) is 59.3 cm³/mol. The second-order valence-corrected chi connectivity index (χ2v) is 3.85. The number of rotatable bonds is 3. The van der Waals surface area contributed by atoms with Crippen LogP contribution in [0, 0.1) is 0 Å². The fourth-order valence-electron chi connectivity index (χ4n) is 2.09. The number of benzene rings is 1. The number of nitrogens with zero attached hydrogens (tertiary/aromatic N) is 1. The topological polar surface area (TPSA) is 32.7 Å². The van der Waals surface area contributed by atoms with Crippen molar-refractivity contribution in [3.8, 4) is 0 Å². The Bertz CT molecular complexity index is 307. The van der Waals surface area contributed by atoms with Crippen LogP contribution in [-0.2, 0) is 4.65 Å². The van der Waals surface area contributed by atoms with Crippen LogP contribution in [0.4, 0.5) is 0 Å². The summed E-state index contributed by atoms with van der Waals surface area (Å²) in [7, 11) is 3.32. The number of hydrogen-bond acceptors (Lipinski definition) is 3. The van der Waals surface area contributed by atoms with Crippen LogP contribution < -0.4 is 0 Å². The summed E-state index contributed by atoms with van der Waals surface area (Å²) < 4.78 is 5.02. The summed E-state index contributed by atoms with van der Waals surface area (Å²) in [4.78, 5) is 2.04. The Labute approximate surface area is 91.0 Å². The maximum atomic E-state index is 9.64. The molecule has 1 aliphatic rings. The molecule has 1 aromatic rings. The largest absolute Gasteiger partial charge is 0.427 e. The zero-order chi connectivity index (χ0) is 10.7. The summed E-state index contributed by atoms with van der Waals surface area (Å²) in [5, 5.41) is 9.64. The van der Waals surface area contributed by atoms with Crippen LogP contribution in [-0.4, -0.2) is 37.3 Å². The summed E-state index contributed by atoms with van der Waals surface area (Å²) in [5.74, 6) is 0. The quantitative estimate of drug-likeness (QED) is 0.744. The molecule has 2 rings (SSSR count). The van der Waals surface area contributed by atoms with Gasteiger partial charge in [-0.3, -0.25) is 0 Å². The zero-order valence-corrected chi connectivity index (χ0v) is 8.84. The molecule has 0 unspecified atom stereocenters. The Kier molecular flexibility index (Phi) is 3.41. The van der Waals surface area contributed by atoms with Gasteiger partial charge in [0.25, 0.3) is 0 Å². The summed E-state index contributed by atoms with van der Waals surface area (Å²) in [6, 6.07) is 10.4. The van der Waals surface area contributed by atoms with Gasteiger partial charge in [0.05, 0.1) is 6.10 Å². The number of hydrogen-bond donors (Lipinski definition) is 1. The van der Waals surface area contributed by atoms with E-state index in [1.54, 1.807) is 14.7 Å². The normalized spacial score (nSPS) is 26.8.